The number of aromatic nitrogens is 1. The molecule has 1 aromatic heterocycles. The molecule has 1 aromatic carbocycles. The SMILES string of the molecule is N[C@@H]1C[C@H](O)[C@H]1CC(=O)N1CCNC(=O)C1Cc1nc2ccccc2o1. The van der Waals surface area contributed by atoms with Crippen LogP contribution in [0.5, 0.6) is 0 Å². The quantitative estimate of drug-likeness (QED) is 0.696. The first-order valence-electron chi connectivity index (χ1n) is 8.88. The number of rotatable bonds is 4. The van der Waals surface area contributed by atoms with Crippen molar-refractivity contribution < 1.29 is 19.1 Å². The van der Waals surface area contributed by atoms with Gasteiger partial charge in [0.15, 0.2) is 11.5 Å². The molecule has 26 heavy (non-hydrogen) atoms. The maximum atomic E-state index is 12.7. The smallest absolute Gasteiger partial charge is 0.243 e. The number of aliphatic hydroxyl groups excluding tert-OH is 1. The first kappa shape index (κ1) is 17.0. The van der Waals surface area contributed by atoms with Gasteiger partial charge in [-0.2, -0.15) is 0 Å². The van der Waals surface area contributed by atoms with E-state index in [1.807, 2.05) is 24.3 Å². The molecule has 2 aliphatic rings. The lowest BCUT2D eigenvalue weighted by molar-refractivity contribution is -0.146. The highest BCUT2D eigenvalue weighted by Gasteiger charge is 2.41. The fraction of sp³-hybridized carbons (Fsp3) is 0.500. The summed E-state index contributed by atoms with van der Waals surface area (Å²) in [5.41, 5.74) is 7.26. The van der Waals surface area contributed by atoms with Crippen molar-refractivity contribution in [3.05, 3.63) is 30.2 Å². The number of oxazole rings is 1. The van der Waals surface area contributed by atoms with Gasteiger partial charge in [-0.3, -0.25) is 9.59 Å². The van der Waals surface area contributed by atoms with Crippen LogP contribution in [0.15, 0.2) is 28.7 Å². The van der Waals surface area contributed by atoms with E-state index in [1.54, 1.807) is 4.90 Å². The van der Waals surface area contributed by atoms with Crippen LogP contribution in [0, 0.1) is 5.92 Å². The highest BCUT2D eigenvalue weighted by atomic mass is 16.3. The van der Waals surface area contributed by atoms with Crippen molar-refractivity contribution in [1.82, 2.24) is 15.2 Å². The van der Waals surface area contributed by atoms with Crippen molar-refractivity contribution in [2.45, 2.75) is 37.5 Å². The molecule has 4 rings (SSSR count). The van der Waals surface area contributed by atoms with Crippen LogP contribution in [0.4, 0.5) is 0 Å². The average molecular weight is 358 g/mol. The van der Waals surface area contributed by atoms with Crippen molar-refractivity contribution in [3.63, 3.8) is 0 Å². The summed E-state index contributed by atoms with van der Waals surface area (Å²) < 4.78 is 5.71. The molecule has 138 valence electrons. The number of nitrogens with two attached hydrogens (primary N) is 1. The fourth-order valence-corrected chi connectivity index (χ4v) is 3.71. The number of nitrogens with zero attached hydrogens (tertiary/aromatic N) is 2. The van der Waals surface area contributed by atoms with E-state index in [-0.39, 0.29) is 36.6 Å². The van der Waals surface area contributed by atoms with Gasteiger partial charge >= 0.3 is 0 Å². The Kier molecular flexibility index (Phi) is 4.37. The molecule has 2 aromatic rings. The summed E-state index contributed by atoms with van der Waals surface area (Å²) in [4.78, 5) is 31.1. The summed E-state index contributed by atoms with van der Waals surface area (Å²) in [6.45, 7) is 0.835. The van der Waals surface area contributed by atoms with Crippen molar-refractivity contribution in [3.8, 4) is 0 Å². The highest BCUT2D eigenvalue weighted by Crippen LogP contribution is 2.30. The number of hydrogen-bond donors (Lipinski definition) is 3. The molecule has 8 nitrogen and oxygen atoms in total. The van der Waals surface area contributed by atoms with Gasteiger partial charge in [-0.15, -0.1) is 0 Å². The molecule has 0 bridgehead atoms. The number of fused-ring (bicyclic) bond motifs is 1. The van der Waals surface area contributed by atoms with Gasteiger partial charge in [-0.05, 0) is 18.6 Å². The predicted octanol–water partition coefficient (Wildman–Crippen LogP) is -0.204. The Morgan fingerprint density at radius 2 is 2.23 bits per heavy atom. The predicted molar refractivity (Wildman–Crippen MR) is 92.9 cm³/mol. The molecule has 0 radical (unpaired) electrons. The van der Waals surface area contributed by atoms with Crippen molar-refractivity contribution in [1.29, 1.82) is 0 Å². The van der Waals surface area contributed by atoms with E-state index in [0.29, 0.717) is 31.0 Å². The molecule has 4 N–H and O–H groups in total. The molecule has 2 fully saturated rings. The second-order valence-electron chi connectivity index (χ2n) is 7.01. The van der Waals surface area contributed by atoms with Crippen LogP contribution in [-0.4, -0.2) is 58.1 Å². The van der Waals surface area contributed by atoms with Gasteiger partial charge in [-0.25, -0.2) is 4.98 Å². The molecule has 2 heterocycles. The minimum absolute atomic E-state index is 0.152. The highest BCUT2D eigenvalue weighted by molar-refractivity contribution is 5.89. The van der Waals surface area contributed by atoms with Gasteiger partial charge in [0.05, 0.1) is 12.5 Å². The number of amides is 2. The normalized spacial score (nSPS) is 28.7. The third kappa shape index (κ3) is 3.06. The summed E-state index contributed by atoms with van der Waals surface area (Å²) in [5.74, 6) is -0.200. The molecule has 0 spiro atoms. The molecule has 4 atom stereocenters. The Balaban J connectivity index is 1.51. The van der Waals surface area contributed by atoms with Crippen LogP contribution >= 0.6 is 0 Å². The zero-order chi connectivity index (χ0) is 18.3. The van der Waals surface area contributed by atoms with Gasteiger partial charge < -0.3 is 25.5 Å². The standard InChI is InChI=1S/C18H22N4O4/c19-11-8-14(23)10(11)7-17(24)22-6-5-20-18(25)13(22)9-16-21-12-3-1-2-4-15(12)26-16/h1-4,10-11,13-14,23H,5-9,19H2,(H,20,25)/t10-,11+,13?,14-/m0/s1. The Bertz CT molecular complexity index is 794. The van der Waals surface area contributed by atoms with Crippen molar-refractivity contribution in [2.24, 2.45) is 11.7 Å². The zero-order valence-corrected chi connectivity index (χ0v) is 14.3. The van der Waals surface area contributed by atoms with Crippen LogP contribution in [0.1, 0.15) is 18.7 Å². The number of piperazine rings is 1. The van der Waals surface area contributed by atoms with Crippen LogP contribution in [-0.2, 0) is 16.0 Å². The molecular weight excluding hydrogens is 336 g/mol. The summed E-state index contributed by atoms with van der Waals surface area (Å²) in [5, 5.41) is 12.6. The number of carbonyl (C=O) groups excluding carboxylic acids is 2. The minimum Gasteiger partial charge on any atom is -0.441 e. The number of nitrogens with one attached hydrogen (secondary N) is 1. The van der Waals surface area contributed by atoms with Gasteiger partial charge in [0.2, 0.25) is 11.8 Å². The molecule has 8 heteroatoms. The maximum Gasteiger partial charge on any atom is 0.243 e. The first-order chi connectivity index (χ1) is 12.5. The Hall–Kier alpha value is -2.45. The van der Waals surface area contributed by atoms with E-state index in [2.05, 4.69) is 10.3 Å². The summed E-state index contributed by atoms with van der Waals surface area (Å²) in [6, 6.07) is 6.54. The number of benzene rings is 1. The first-order valence-corrected chi connectivity index (χ1v) is 8.88. The summed E-state index contributed by atoms with van der Waals surface area (Å²) in [7, 11) is 0. The van der Waals surface area contributed by atoms with Gasteiger partial charge in [0.1, 0.15) is 11.6 Å². The Morgan fingerprint density at radius 1 is 1.42 bits per heavy atom. The van der Waals surface area contributed by atoms with Gasteiger partial charge in [0.25, 0.3) is 0 Å². The molecular formula is C18H22N4O4. The number of carbonyl (C=O) groups is 2. The molecule has 1 aliphatic heterocycles. The topological polar surface area (TPSA) is 122 Å². The lowest BCUT2D eigenvalue weighted by Crippen LogP contribution is -2.60. The Labute approximate surface area is 150 Å². The van der Waals surface area contributed by atoms with E-state index < -0.39 is 12.1 Å². The molecule has 1 aliphatic carbocycles. The third-order valence-electron chi connectivity index (χ3n) is 5.33. The maximum absolute atomic E-state index is 12.7. The summed E-state index contributed by atoms with van der Waals surface area (Å²) in [6.07, 6.45) is 0.346. The van der Waals surface area contributed by atoms with Crippen molar-refractivity contribution in [2.75, 3.05) is 13.1 Å². The van der Waals surface area contributed by atoms with E-state index >= 15 is 0 Å². The Morgan fingerprint density at radius 3 is 2.96 bits per heavy atom. The van der Waals surface area contributed by atoms with Gasteiger partial charge in [-0.1, -0.05) is 12.1 Å². The molecule has 2 amide bonds. The molecule has 1 saturated carbocycles. The number of aliphatic hydroxyl groups is 1. The molecule has 1 saturated heterocycles. The minimum atomic E-state index is -0.669. The monoisotopic (exact) mass is 358 g/mol. The third-order valence-corrected chi connectivity index (χ3v) is 5.33. The summed E-state index contributed by atoms with van der Waals surface area (Å²) >= 11 is 0. The lowest BCUT2D eigenvalue weighted by atomic mass is 9.75. The van der Waals surface area contributed by atoms with Crippen LogP contribution < -0.4 is 11.1 Å². The van der Waals surface area contributed by atoms with Crippen molar-refractivity contribution >= 4 is 22.9 Å². The zero-order valence-electron chi connectivity index (χ0n) is 14.3. The second-order valence-corrected chi connectivity index (χ2v) is 7.01. The van der Waals surface area contributed by atoms with E-state index in [4.69, 9.17) is 10.2 Å². The average Bonchev–Trinajstić information content (AvgIpc) is 3.04. The number of para-hydroxylation sites is 2. The van der Waals surface area contributed by atoms with E-state index in [9.17, 15) is 14.7 Å². The number of hydrogen-bond acceptors (Lipinski definition) is 6. The van der Waals surface area contributed by atoms with Crippen LogP contribution in [0.25, 0.3) is 11.1 Å². The van der Waals surface area contributed by atoms with E-state index in [0.717, 1.165) is 5.52 Å². The fourth-order valence-electron chi connectivity index (χ4n) is 3.71. The molecule has 1 unspecified atom stereocenters. The van der Waals surface area contributed by atoms with E-state index in [1.165, 1.54) is 0 Å². The second kappa shape index (κ2) is 6.69. The van der Waals surface area contributed by atoms with Crippen LogP contribution in [0.3, 0.4) is 0 Å². The lowest BCUT2D eigenvalue weighted by Gasteiger charge is -2.41. The van der Waals surface area contributed by atoms with Gasteiger partial charge in [0, 0.05) is 31.5 Å². The largest absolute Gasteiger partial charge is 0.441 e. The van der Waals surface area contributed by atoms with Crippen LogP contribution in [0.2, 0.25) is 0 Å².